The molecular formula is C16H14BrNO4. The average molecular weight is 364 g/mol. The zero-order chi connectivity index (χ0) is 15.9. The van der Waals surface area contributed by atoms with E-state index in [9.17, 15) is 9.59 Å². The molecule has 2 aromatic rings. The molecule has 6 heteroatoms. The molecule has 0 fully saturated rings. The molecule has 1 N–H and O–H groups in total. The molecule has 0 radical (unpaired) electrons. The summed E-state index contributed by atoms with van der Waals surface area (Å²) in [4.78, 5) is 23.5. The van der Waals surface area contributed by atoms with Crippen LogP contribution < -0.4 is 5.32 Å². The van der Waals surface area contributed by atoms with Crippen molar-refractivity contribution >= 4 is 39.6 Å². The summed E-state index contributed by atoms with van der Waals surface area (Å²) in [6, 6.07) is 12.4. The standard InChI is InChI=1S/C16H14BrNO4/c1-11(16(20)18-12-5-3-2-4-6-12)21-15(19)10-8-13-7-9-14(17)22-13/h2-11H,1H3,(H,18,20)/b10-8+. The van der Waals surface area contributed by atoms with E-state index in [-0.39, 0.29) is 0 Å². The van der Waals surface area contributed by atoms with Gasteiger partial charge in [-0.05, 0) is 53.2 Å². The second kappa shape index (κ2) is 7.61. The molecule has 1 aromatic carbocycles. The smallest absolute Gasteiger partial charge is 0.331 e. The third-order valence-electron chi connectivity index (χ3n) is 2.68. The Hall–Kier alpha value is -2.34. The molecule has 2 rings (SSSR count). The summed E-state index contributed by atoms with van der Waals surface area (Å²) >= 11 is 3.16. The molecule has 1 heterocycles. The maximum atomic E-state index is 11.9. The minimum Gasteiger partial charge on any atom is -0.450 e. The molecule has 0 aliphatic carbocycles. The first kappa shape index (κ1) is 16.0. The van der Waals surface area contributed by atoms with Gasteiger partial charge in [0.25, 0.3) is 5.91 Å². The van der Waals surface area contributed by atoms with Gasteiger partial charge in [-0.2, -0.15) is 0 Å². The first-order chi connectivity index (χ1) is 10.5. The van der Waals surface area contributed by atoms with Crippen LogP contribution in [0.5, 0.6) is 0 Å². The van der Waals surface area contributed by atoms with Gasteiger partial charge in [-0.15, -0.1) is 0 Å². The molecule has 0 bridgehead atoms. The minimum atomic E-state index is -0.902. The zero-order valence-electron chi connectivity index (χ0n) is 11.8. The number of carbonyl (C=O) groups is 2. The number of esters is 1. The van der Waals surface area contributed by atoms with Crippen LogP contribution in [0.2, 0.25) is 0 Å². The van der Waals surface area contributed by atoms with Crippen LogP contribution in [0.15, 0.2) is 57.6 Å². The van der Waals surface area contributed by atoms with Crippen LogP contribution in [-0.4, -0.2) is 18.0 Å². The van der Waals surface area contributed by atoms with Crippen LogP contribution in [0.1, 0.15) is 12.7 Å². The number of halogens is 1. The Morgan fingerprint density at radius 2 is 1.95 bits per heavy atom. The summed E-state index contributed by atoms with van der Waals surface area (Å²) in [6.45, 7) is 1.51. The minimum absolute atomic E-state index is 0.395. The van der Waals surface area contributed by atoms with E-state index in [0.717, 1.165) is 0 Å². The van der Waals surface area contributed by atoms with Gasteiger partial charge in [0.2, 0.25) is 0 Å². The summed E-state index contributed by atoms with van der Waals surface area (Å²) in [5.74, 6) is -0.512. The Bertz CT molecular complexity index is 678. The summed E-state index contributed by atoms with van der Waals surface area (Å²) in [6.07, 6.45) is 1.77. The number of ether oxygens (including phenoxy) is 1. The van der Waals surface area contributed by atoms with Gasteiger partial charge in [0.1, 0.15) is 5.76 Å². The van der Waals surface area contributed by atoms with E-state index in [1.807, 2.05) is 6.07 Å². The molecule has 0 aliphatic heterocycles. The van der Waals surface area contributed by atoms with E-state index in [4.69, 9.17) is 9.15 Å². The normalized spacial score (nSPS) is 12.1. The molecule has 0 spiro atoms. The van der Waals surface area contributed by atoms with Gasteiger partial charge >= 0.3 is 5.97 Å². The highest BCUT2D eigenvalue weighted by atomic mass is 79.9. The Morgan fingerprint density at radius 3 is 2.59 bits per heavy atom. The molecule has 1 unspecified atom stereocenters. The van der Waals surface area contributed by atoms with E-state index in [1.165, 1.54) is 19.1 Å². The van der Waals surface area contributed by atoms with Crippen molar-refractivity contribution in [1.82, 2.24) is 0 Å². The lowest BCUT2D eigenvalue weighted by atomic mass is 10.3. The van der Waals surface area contributed by atoms with Crippen LogP contribution in [0, 0.1) is 0 Å². The number of hydrogen-bond donors (Lipinski definition) is 1. The fourth-order valence-electron chi connectivity index (χ4n) is 1.60. The molecular weight excluding hydrogens is 350 g/mol. The van der Waals surface area contributed by atoms with Crippen molar-refractivity contribution in [2.24, 2.45) is 0 Å². The van der Waals surface area contributed by atoms with E-state index in [1.54, 1.807) is 36.4 Å². The van der Waals surface area contributed by atoms with Crippen LogP contribution >= 0.6 is 15.9 Å². The number of amides is 1. The molecule has 1 atom stereocenters. The van der Waals surface area contributed by atoms with E-state index in [2.05, 4.69) is 21.2 Å². The Morgan fingerprint density at radius 1 is 1.23 bits per heavy atom. The monoisotopic (exact) mass is 363 g/mol. The lowest BCUT2D eigenvalue weighted by Gasteiger charge is -2.12. The highest BCUT2D eigenvalue weighted by molar-refractivity contribution is 9.10. The second-order valence-corrected chi connectivity index (χ2v) is 5.19. The lowest BCUT2D eigenvalue weighted by molar-refractivity contribution is -0.148. The van der Waals surface area contributed by atoms with Crippen molar-refractivity contribution in [3.05, 3.63) is 59.0 Å². The number of carbonyl (C=O) groups excluding carboxylic acids is 2. The van der Waals surface area contributed by atoms with Gasteiger partial charge in [0.05, 0.1) is 0 Å². The zero-order valence-corrected chi connectivity index (χ0v) is 13.4. The first-order valence-electron chi connectivity index (χ1n) is 6.54. The Labute approximate surface area is 136 Å². The van der Waals surface area contributed by atoms with Crippen molar-refractivity contribution in [3.8, 4) is 0 Å². The van der Waals surface area contributed by atoms with Crippen molar-refractivity contribution in [2.75, 3.05) is 5.32 Å². The molecule has 5 nitrogen and oxygen atoms in total. The molecule has 0 saturated carbocycles. The fourth-order valence-corrected chi connectivity index (χ4v) is 1.92. The quantitative estimate of drug-likeness (QED) is 0.650. The topological polar surface area (TPSA) is 68.5 Å². The number of benzene rings is 1. The number of anilines is 1. The number of rotatable bonds is 5. The van der Waals surface area contributed by atoms with E-state index < -0.39 is 18.0 Å². The lowest BCUT2D eigenvalue weighted by Crippen LogP contribution is -2.29. The predicted molar refractivity (Wildman–Crippen MR) is 86.1 cm³/mol. The average Bonchev–Trinajstić information content (AvgIpc) is 2.92. The van der Waals surface area contributed by atoms with Crippen LogP contribution in [0.3, 0.4) is 0 Å². The number of hydrogen-bond acceptors (Lipinski definition) is 4. The molecule has 114 valence electrons. The molecule has 0 saturated heterocycles. The van der Waals surface area contributed by atoms with Crippen LogP contribution in [0.4, 0.5) is 5.69 Å². The van der Waals surface area contributed by atoms with Crippen molar-refractivity contribution in [3.63, 3.8) is 0 Å². The van der Waals surface area contributed by atoms with Crippen LogP contribution in [-0.2, 0) is 14.3 Å². The molecule has 22 heavy (non-hydrogen) atoms. The van der Waals surface area contributed by atoms with Crippen molar-refractivity contribution in [2.45, 2.75) is 13.0 Å². The first-order valence-corrected chi connectivity index (χ1v) is 7.34. The van der Waals surface area contributed by atoms with E-state index in [0.29, 0.717) is 16.1 Å². The maximum absolute atomic E-state index is 11.9. The highest BCUT2D eigenvalue weighted by Gasteiger charge is 2.16. The van der Waals surface area contributed by atoms with Gasteiger partial charge in [-0.1, -0.05) is 18.2 Å². The molecule has 1 aromatic heterocycles. The number of para-hydroxylation sites is 1. The summed E-state index contributed by atoms with van der Waals surface area (Å²) in [5, 5.41) is 2.66. The van der Waals surface area contributed by atoms with Gasteiger partial charge in [0.15, 0.2) is 10.8 Å². The van der Waals surface area contributed by atoms with E-state index >= 15 is 0 Å². The number of furan rings is 1. The highest BCUT2D eigenvalue weighted by Crippen LogP contribution is 2.15. The summed E-state index contributed by atoms with van der Waals surface area (Å²) in [5.41, 5.74) is 0.645. The Kier molecular flexibility index (Phi) is 5.55. The van der Waals surface area contributed by atoms with Gasteiger partial charge in [0, 0.05) is 11.8 Å². The van der Waals surface area contributed by atoms with Gasteiger partial charge < -0.3 is 14.5 Å². The third kappa shape index (κ3) is 4.89. The maximum Gasteiger partial charge on any atom is 0.331 e. The third-order valence-corrected chi connectivity index (χ3v) is 3.11. The van der Waals surface area contributed by atoms with Crippen molar-refractivity contribution < 1.29 is 18.7 Å². The second-order valence-electron chi connectivity index (χ2n) is 4.41. The molecule has 0 aliphatic rings. The fraction of sp³-hybridized carbons (Fsp3) is 0.125. The van der Waals surface area contributed by atoms with Crippen molar-refractivity contribution in [1.29, 1.82) is 0 Å². The molecule has 1 amide bonds. The largest absolute Gasteiger partial charge is 0.450 e. The van der Waals surface area contributed by atoms with Gasteiger partial charge in [-0.3, -0.25) is 4.79 Å². The SMILES string of the molecule is CC(OC(=O)/C=C/c1ccc(Br)o1)C(=O)Nc1ccccc1. The van der Waals surface area contributed by atoms with Gasteiger partial charge in [-0.25, -0.2) is 4.79 Å². The Balaban J connectivity index is 1.85. The van der Waals surface area contributed by atoms with Crippen LogP contribution in [0.25, 0.3) is 6.08 Å². The number of nitrogens with one attached hydrogen (secondary N) is 1. The summed E-state index contributed by atoms with van der Waals surface area (Å²) < 4.78 is 10.8. The predicted octanol–water partition coefficient (Wildman–Crippen LogP) is 3.63. The summed E-state index contributed by atoms with van der Waals surface area (Å²) in [7, 11) is 0.